The largest absolute Gasteiger partial charge is 0.374 e. The first kappa shape index (κ1) is 17.4. The van der Waals surface area contributed by atoms with Gasteiger partial charge in [-0.3, -0.25) is 0 Å². The molecule has 0 aliphatic heterocycles. The van der Waals surface area contributed by atoms with Gasteiger partial charge in [0, 0.05) is 19.7 Å². The number of nitrogens with zero attached hydrogens (tertiary/aromatic N) is 3. The first-order valence-corrected chi connectivity index (χ1v) is 8.62. The molecule has 1 aliphatic carbocycles. The number of hydrogen-bond acceptors (Lipinski definition) is 5. The molecule has 1 N–H and O–H groups in total. The van der Waals surface area contributed by atoms with Crippen molar-refractivity contribution in [3.63, 3.8) is 0 Å². The normalized spacial score (nSPS) is 14.6. The van der Waals surface area contributed by atoms with Gasteiger partial charge < -0.3 is 19.5 Å². The summed E-state index contributed by atoms with van der Waals surface area (Å²) in [6.07, 6.45) is 5.28. The number of urea groups is 1. The Morgan fingerprint density at radius 2 is 2.04 bits per heavy atom. The third-order valence-electron chi connectivity index (χ3n) is 4.29. The Hall–Kier alpha value is -2.41. The summed E-state index contributed by atoms with van der Waals surface area (Å²) in [5, 5.41) is 6.64. The van der Waals surface area contributed by atoms with Gasteiger partial charge in [0.25, 0.3) is 0 Å². The fourth-order valence-electron chi connectivity index (χ4n) is 2.86. The van der Waals surface area contributed by atoms with Crippen LogP contribution in [-0.4, -0.2) is 34.2 Å². The molecule has 1 heterocycles. The van der Waals surface area contributed by atoms with Crippen molar-refractivity contribution in [2.75, 3.05) is 12.4 Å². The maximum absolute atomic E-state index is 12.2. The molecule has 7 heteroatoms. The molecule has 1 saturated carbocycles. The Balaban J connectivity index is 1.47. The number of rotatable bonds is 6. The Morgan fingerprint density at radius 1 is 1.32 bits per heavy atom. The molecular formula is C18H24N4O3. The number of nitrogens with one attached hydrogen (secondary N) is 1. The first-order chi connectivity index (χ1) is 12.1. The Kier molecular flexibility index (Phi) is 5.65. The minimum atomic E-state index is -0.225. The summed E-state index contributed by atoms with van der Waals surface area (Å²) in [7, 11) is 1.69. The van der Waals surface area contributed by atoms with Gasteiger partial charge >= 0.3 is 6.03 Å². The number of amides is 2. The first-order valence-electron chi connectivity index (χ1n) is 8.62. The lowest BCUT2D eigenvalue weighted by Crippen LogP contribution is -2.31. The van der Waals surface area contributed by atoms with E-state index < -0.39 is 0 Å². The molecule has 0 saturated heterocycles. The summed E-state index contributed by atoms with van der Waals surface area (Å²) in [5.41, 5.74) is 1.85. The van der Waals surface area contributed by atoms with Crippen molar-refractivity contribution in [2.45, 2.75) is 51.9 Å². The van der Waals surface area contributed by atoms with E-state index in [0.29, 0.717) is 24.4 Å². The zero-order chi connectivity index (χ0) is 17.6. The lowest BCUT2D eigenvalue weighted by Gasteiger charge is -2.16. The minimum absolute atomic E-state index is 0.225. The standard InChI is InChI=1S/C18H24N4O3/c1-13-19-17(21-25-13)11-22(2)18(23)20-15-9-7-14(8-10-15)12-24-16-5-3-4-6-16/h7-10,16H,3-6,11-12H2,1-2H3,(H,20,23). The van der Waals surface area contributed by atoms with Gasteiger partial charge in [-0.15, -0.1) is 0 Å². The summed E-state index contributed by atoms with van der Waals surface area (Å²) in [6.45, 7) is 2.63. The zero-order valence-electron chi connectivity index (χ0n) is 14.7. The second-order valence-corrected chi connectivity index (χ2v) is 6.43. The van der Waals surface area contributed by atoms with Crippen LogP contribution in [0.1, 0.15) is 43.0 Å². The van der Waals surface area contributed by atoms with Gasteiger partial charge in [-0.05, 0) is 30.5 Å². The highest BCUT2D eigenvalue weighted by molar-refractivity contribution is 5.89. The number of aryl methyl sites for hydroxylation is 1. The maximum Gasteiger partial charge on any atom is 0.321 e. The number of anilines is 1. The van der Waals surface area contributed by atoms with Crippen molar-refractivity contribution in [1.29, 1.82) is 0 Å². The summed E-state index contributed by atoms with van der Waals surface area (Å²) < 4.78 is 10.8. The van der Waals surface area contributed by atoms with E-state index in [1.54, 1.807) is 14.0 Å². The molecule has 0 unspecified atom stereocenters. The summed E-state index contributed by atoms with van der Waals surface area (Å²) >= 11 is 0. The van der Waals surface area contributed by atoms with E-state index in [4.69, 9.17) is 9.26 Å². The van der Waals surface area contributed by atoms with E-state index in [-0.39, 0.29) is 12.6 Å². The number of carbonyl (C=O) groups excluding carboxylic acids is 1. The number of hydrogen-bond donors (Lipinski definition) is 1. The van der Waals surface area contributed by atoms with Crippen molar-refractivity contribution in [3.05, 3.63) is 41.5 Å². The summed E-state index contributed by atoms with van der Waals surface area (Å²) in [6, 6.07) is 7.51. The summed E-state index contributed by atoms with van der Waals surface area (Å²) in [5.74, 6) is 0.966. The molecule has 0 radical (unpaired) electrons. The Labute approximate surface area is 147 Å². The molecule has 0 bridgehead atoms. The predicted octanol–water partition coefficient (Wildman–Crippen LogP) is 3.50. The highest BCUT2D eigenvalue weighted by Crippen LogP contribution is 2.22. The molecule has 1 aliphatic rings. The number of carbonyl (C=O) groups is 1. The molecule has 2 amide bonds. The van der Waals surface area contributed by atoms with Crippen molar-refractivity contribution in [1.82, 2.24) is 15.0 Å². The monoisotopic (exact) mass is 344 g/mol. The molecule has 25 heavy (non-hydrogen) atoms. The van der Waals surface area contributed by atoms with E-state index in [1.807, 2.05) is 24.3 Å². The topological polar surface area (TPSA) is 80.5 Å². The lowest BCUT2D eigenvalue weighted by atomic mass is 10.2. The van der Waals surface area contributed by atoms with Crippen LogP contribution in [0.4, 0.5) is 10.5 Å². The van der Waals surface area contributed by atoms with Crippen molar-refractivity contribution >= 4 is 11.7 Å². The van der Waals surface area contributed by atoms with E-state index in [2.05, 4.69) is 15.5 Å². The molecule has 1 aromatic carbocycles. The van der Waals surface area contributed by atoms with E-state index >= 15 is 0 Å². The third kappa shape index (κ3) is 5.03. The van der Waals surface area contributed by atoms with Gasteiger partial charge in [-0.1, -0.05) is 30.1 Å². The van der Waals surface area contributed by atoms with Crippen LogP contribution in [0, 0.1) is 6.92 Å². The zero-order valence-corrected chi connectivity index (χ0v) is 14.7. The van der Waals surface area contributed by atoms with Gasteiger partial charge in [0.15, 0.2) is 5.82 Å². The fourth-order valence-corrected chi connectivity index (χ4v) is 2.86. The van der Waals surface area contributed by atoms with Gasteiger partial charge in [0.1, 0.15) is 0 Å². The van der Waals surface area contributed by atoms with E-state index in [0.717, 1.165) is 11.3 Å². The van der Waals surface area contributed by atoms with Crippen LogP contribution in [0.15, 0.2) is 28.8 Å². The predicted molar refractivity (Wildman–Crippen MR) is 93.0 cm³/mol. The Morgan fingerprint density at radius 3 is 2.68 bits per heavy atom. The average Bonchev–Trinajstić information content (AvgIpc) is 3.26. The third-order valence-corrected chi connectivity index (χ3v) is 4.29. The highest BCUT2D eigenvalue weighted by Gasteiger charge is 2.15. The molecule has 134 valence electrons. The van der Waals surface area contributed by atoms with Gasteiger partial charge in [0.05, 0.1) is 19.3 Å². The van der Waals surface area contributed by atoms with Crippen LogP contribution in [0.2, 0.25) is 0 Å². The van der Waals surface area contributed by atoms with Crippen molar-refractivity contribution in [3.8, 4) is 0 Å². The number of benzene rings is 1. The second kappa shape index (κ2) is 8.11. The van der Waals surface area contributed by atoms with E-state index in [9.17, 15) is 4.79 Å². The van der Waals surface area contributed by atoms with Crippen molar-refractivity contribution < 1.29 is 14.1 Å². The summed E-state index contributed by atoms with van der Waals surface area (Å²) in [4.78, 5) is 17.8. The van der Waals surface area contributed by atoms with Crippen LogP contribution in [0.25, 0.3) is 0 Å². The van der Waals surface area contributed by atoms with Gasteiger partial charge in [-0.2, -0.15) is 4.98 Å². The highest BCUT2D eigenvalue weighted by atomic mass is 16.5. The fraction of sp³-hybridized carbons (Fsp3) is 0.500. The van der Waals surface area contributed by atoms with Crippen LogP contribution < -0.4 is 5.32 Å². The van der Waals surface area contributed by atoms with Crippen LogP contribution in [0.3, 0.4) is 0 Å². The molecule has 0 spiro atoms. The molecule has 1 fully saturated rings. The Bertz CT molecular complexity index is 693. The van der Waals surface area contributed by atoms with Gasteiger partial charge in [-0.25, -0.2) is 4.79 Å². The molecule has 2 aromatic rings. The second-order valence-electron chi connectivity index (χ2n) is 6.43. The molecular weight excluding hydrogens is 320 g/mol. The molecule has 7 nitrogen and oxygen atoms in total. The van der Waals surface area contributed by atoms with Crippen molar-refractivity contribution in [2.24, 2.45) is 0 Å². The maximum atomic E-state index is 12.2. The molecule has 0 atom stereocenters. The van der Waals surface area contributed by atoms with Crippen LogP contribution in [-0.2, 0) is 17.9 Å². The lowest BCUT2D eigenvalue weighted by molar-refractivity contribution is 0.0457. The number of aromatic nitrogens is 2. The smallest absolute Gasteiger partial charge is 0.321 e. The SMILES string of the molecule is Cc1nc(CN(C)C(=O)Nc2ccc(COC3CCCC3)cc2)no1. The quantitative estimate of drug-likeness (QED) is 0.867. The molecule has 3 rings (SSSR count). The molecule has 1 aromatic heterocycles. The minimum Gasteiger partial charge on any atom is -0.374 e. The van der Waals surface area contributed by atoms with Crippen LogP contribution in [0.5, 0.6) is 0 Å². The average molecular weight is 344 g/mol. The van der Waals surface area contributed by atoms with Gasteiger partial charge in [0.2, 0.25) is 5.89 Å². The van der Waals surface area contributed by atoms with Crippen LogP contribution >= 0.6 is 0 Å². The number of ether oxygens (including phenoxy) is 1. The van der Waals surface area contributed by atoms with E-state index in [1.165, 1.54) is 30.6 Å².